The standard InChI is InChI=1S/C16H25N3O/c1-13-6-4-5-7-15(13)12-18-8-10-19(11-9-18)14(2)16(20)17-3/h4-7,14H,8-12H2,1-3H3,(H,17,20)/p+2/t14-/m0/s1. The van der Waals surface area contributed by atoms with Gasteiger partial charge in [0.1, 0.15) is 32.7 Å². The van der Waals surface area contributed by atoms with Crippen LogP contribution in [-0.2, 0) is 11.3 Å². The van der Waals surface area contributed by atoms with Crippen LogP contribution in [0.15, 0.2) is 24.3 Å². The second kappa shape index (κ2) is 6.86. The highest BCUT2D eigenvalue weighted by Gasteiger charge is 2.30. The van der Waals surface area contributed by atoms with Crippen molar-refractivity contribution in [2.75, 3.05) is 33.2 Å². The van der Waals surface area contributed by atoms with Gasteiger partial charge < -0.3 is 15.1 Å². The van der Waals surface area contributed by atoms with Crippen molar-refractivity contribution in [3.63, 3.8) is 0 Å². The molecule has 110 valence electrons. The van der Waals surface area contributed by atoms with Crippen LogP contribution >= 0.6 is 0 Å². The highest BCUT2D eigenvalue weighted by Crippen LogP contribution is 2.04. The second-order valence-electron chi connectivity index (χ2n) is 5.85. The maximum absolute atomic E-state index is 11.7. The molecule has 1 aromatic carbocycles. The maximum Gasteiger partial charge on any atom is 0.277 e. The third kappa shape index (κ3) is 3.58. The number of nitrogens with one attached hydrogen (secondary N) is 3. The van der Waals surface area contributed by atoms with Crippen molar-refractivity contribution in [3.8, 4) is 0 Å². The Labute approximate surface area is 121 Å². The molecule has 4 nitrogen and oxygen atoms in total. The summed E-state index contributed by atoms with van der Waals surface area (Å²) >= 11 is 0. The van der Waals surface area contributed by atoms with Gasteiger partial charge in [-0.2, -0.15) is 0 Å². The van der Waals surface area contributed by atoms with E-state index < -0.39 is 0 Å². The number of likely N-dealkylation sites (N-methyl/N-ethyl adjacent to an activating group) is 1. The maximum atomic E-state index is 11.7. The number of amides is 1. The lowest BCUT2D eigenvalue weighted by Crippen LogP contribution is -3.29. The fraction of sp³-hybridized carbons (Fsp3) is 0.562. The summed E-state index contributed by atoms with van der Waals surface area (Å²) in [6.07, 6.45) is 0. The molecule has 0 aliphatic carbocycles. The number of hydrogen-bond donors (Lipinski definition) is 3. The van der Waals surface area contributed by atoms with Gasteiger partial charge in [0.15, 0.2) is 6.04 Å². The molecule has 1 heterocycles. The molecule has 0 spiro atoms. The molecule has 1 fully saturated rings. The Balaban J connectivity index is 1.86. The smallest absolute Gasteiger partial charge is 0.277 e. The lowest BCUT2D eigenvalue weighted by atomic mass is 10.1. The summed E-state index contributed by atoms with van der Waals surface area (Å²) in [5.74, 6) is 0.155. The Morgan fingerprint density at radius 1 is 1.25 bits per heavy atom. The number of aryl methyl sites for hydroxylation is 1. The van der Waals surface area contributed by atoms with Crippen molar-refractivity contribution in [2.24, 2.45) is 0 Å². The molecule has 1 aliphatic heterocycles. The van der Waals surface area contributed by atoms with Crippen LogP contribution in [-0.4, -0.2) is 45.2 Å². The van der Waals surface area contributed by atoms with Crippen LogP contribution in [0, 0.1) is 6.92 Å². The van der Waals surface area contributed by atoms with E-state index >= 15 is 0 Å². The Morgan fingerprint density at radius 2 is 1.90 bits per heavy atom. The van der Waals surface area contributed by atoms with Crippen LogP contribution in [0.3, 0.4) is 0 Å². The van der Waals surface area contributed by atoms with Crippen molar-refractivity contribution in [1.29, 1.82) is 0 Å². The molecule has 4 heteroatoms. The number of piperazine rings is 1. The summed E-state index contributed by atoms with van der Waals surface area (Å²) < 4.78 is 0. The van der Waals surface area contributed by atoms with E-state index in [0.29, 0.717) is 0 Å². The van der Waals surface area contributed by atoms with E-state index in [-0.39, 0.29) is 11.9 Å². The second-order valence-corrected chi connectivity index (χ2v) is 5.85. The molecule has 0 unspecified atom stereocenters. The summed E-state index contributed by atoms with van der Waals surface area (Å²) in [5, 5.41) is 2.75. The van der Waals surface area contributed by atoms with E-state index in [9.17, 15) is 4.79 Å². The quantitative estimate of drug-likeness (QED) is 0.610. The molecule has 0 saturated carbocycles. The van der Waals surface area contributed by atoms with Gasteiger partial charge in [-0.25, -0.2) is 0 Å². The highest BCUT2D eigenvalue weighted by molar-refractivity contribution is 5.79. The van der Waals surface area contributed by atoms with Gasteiger partial charge in [-0.05, 0) is 19.4 Å². The Kier molecular flexibility index (Phi) is 5.15. The molecule has 1 aliphatic rings. The molecule has 0 aromatic heterocycles. The Hall–Kier alpha value is -1.39. The number of quaternary nitrogens is 2. The number of benzene rings is 1. The fourth-order valence-electron chi connectivity index (χ4n) is 3.01. The van der Waals surface area contributed by atoms with Crippen LogP contribution in [0.2, 0.25) is 0 Å². The van der Waals surface area contributed by atoms with E-state index in [1.165, 1.54) is 16.0 Å². The molecule has 20 heavy (non-hydrogen) atoms. The van der Waals surface area contributed by atoms with Crippen molar-refractivity contribution >= 4 is 5.91 Å². The first kappa shape index (κ1) is 15.0. The minimum absolute atomic E-state index is 0.0695. The molecular weight excluding hydrogens is 250 g/mol. The van der Waals surface area contributed by atoms with E-state index in [2.05, 4.69) is 36.5 Å². The van der Waals surface area contributed by atoms with E-state index in [0.717, 1.165) is 32.7 Å². The van der Waals surface area contributed by atoms with Gasteiger partial charge in [0.25, 0.3) is 5.91 Å². The minimum atomic E-state index is 0.0695. The molecule has 1 amide bonds. The van der Waals surface area contributed by atoms with E-state index in [1.807, 2.05) is 6.92 Å². The molecule has 1 aromatic rings. The van der Waals surface area contributed by atoms with Gasteiger partial charge in [0.05, 0.1) is 0 Å². The predicted molar refractivity (Wildman–Crippen MR) is 79.8 cm³/mol. The first-order chi connectivity index (χ1) is 9.61. The van der Waals surface area contributed by atoms with Gasteiger partial charge in [-0.3, -0.25) is 4.79 Å². The van der Waals surface area contributed by atoms with Crippen LogP contribution in [0.4, 0.5) is 0 Å². The largest absolute Gasteiger partial charge is 0.354 e. The van der Waals surface area contributed by atoms with Gasteiger partial charge >= 0.3 is 0 Å². The summed E-state index contributed by atoms with van der Waals surface area (Å²) in [7, 11) is 1.72. The van der Waals surface area contributed by atoms with Crippen molar-refractivity contribution < 1.29 is 14.6 Å². The first-order valence-corrected chi connectivity index (χ1v) is 7.56. The molecule has 0 bridgehead atoms. The van der Waals surface area contributed by atoms with Gasteiger partial charge in [-0.15, -0.1) is 0 Å². The van der Waals surface area contributed by atoms with Gasteiger partial charge in [0.2, 0.25) is 0 Å². The van der Waals surface area contributed by atoms with Gasteiger partial charge in [0, 0.05) is 12.6 Å². The van der Waals surface area contributed by atoms with Crippen LogP contribution in [0.1, 0.15) is 18.1 Å². The third-order valence-electron chi connectivity index (χ3n) is 4.55. The van der Waals surface area contributed by atoms with Crippen LogP contribution < -0.4 is 15.1 Å². The van der Waals surface area contributed by atoms with Gasteiger partial charge in [-0.1, -0.05) is 24.3 Å². The molecule has 0 radical (unpaired) electrons. The van der Waals surface area contributed by atoms with E-state index in [1.54, 1.807) is 11.9 Å². The lowest BCUT2D eigenvalue weighted by Gasteiger charge is -2.32. The van der Waals surface area contributed by atoms with Crippen molar-refractivity contribution in [2.45, 2.75) is 26.4 Å². The SMILES string of the molecule is CNC(=O)[C@H](C)[NH+]1CC[NH+](Cc2ccccc2C)CC1. The summed E-state index contributed by atoms with van der Waals surface area (Å²) in [6.45, 7) is 9.76. The zero-order valence-electron chi connectivity index (χ0n) is 12.8. The topological polar surface area (TPSA) is 38.0 Å². The summed E-state index contributed by atoms with van der Waals surface area (Å²) in [4.78, 5) is 14.7. The normalized spacial score (nSPS) is 24.1. The zero-order chi connectivity index (χ0) is 14.5. The summed E-state index contributed by atoms with van der Waals surface area (Å²) in [5.41, 5.74) is 2.83. The minimum Gasteiger partial charge on any atom is -0.354 e. The average molecular weight is 277 g/mol. The number of hydrogen-bond acceptors (Lipinski definition) is 1. The van der Waals surface area contributed by atoms with E-state index in [4.69, 9.17) is 0 Å². The molecule has 1 saturated heterocycles. The number of carbonyl (C=O) groups excluding carboxylic acids is 1. The predicted octanol–water partition coefficient (Wildman–Crippen LogP) is -1.59. The highest BCUT2D eigenvalue weighted by atomic mass is 16.2. The molecule has 3 N–H and O–H groups in total. The molecule has 2 rings (SSSR count). The number of rotatable bonds is 4. The van der Waals surface area contributed by atoms with Crippen LogP contribution in [0.5, 0.6) is 0 Å². The van der Waals surface area contributed by atoms with Crippen molar-refractivity contribution in [3.05, 3.63) is 35.4 Å². The first-order valence-electron chi connectivity index (χ1n) is 7.56. The zero-order valence-corrected chi connectivity index (χ0v) is 12.8. The molecule has 1 atom stereocenters. The third-order valence-corrected chi connectivity index (χ3v) is 4.55. The fourth-order valence-corrected chi connectivity index (χ4v) is 3.01. The monoisotopic (exact) mass is 277 g/mol. The Morgan fingerprint density at radius 3 is 2.50 bits per heavy atom. The lowest BCUT2D eigenvalue weighted by molar-refractivity contribution is -1.02. The Bertz CT molecular complexity index is 453. The van der Waals surface area contributed by atoms with Crippen LogP contribution in [0.25, 0.3) is 0 Å². The molecular formula is C16H27N3O+2. The average Bonchev–Trinajstić information content (AvgIpc) is 2.49. The number of carbonyl (C=O) groups is 1. The summed E-state index contributed by atoms with van der Waals surface area (Å²) in [6, 6.07) is 8.71. The van der Waals surface area contributed by atoms with Crippen molar-refractivity contribution in [1.82, 2.24) is 5.32 Å².